The first-order chi connectivity index (χ1) is 11.1. The molecule has 1 N–H and O–H groups in total. The Labute approximate surface area is 134 Å². The first kappa shape index (κ1) is 15.4. The van der Waals surface area contributed by atoms with Crippen molar-refractivity contribution in [2.24, 2.45) is 0 Å². The van der Waals surface area contributed by atoms with Gasteiger partial charge in [0.2, 0.25) is 5.95 Å². The smallest absolute Gasteiger partial charge is 0.274 e. The van der Waals surface area contributed by atoms with Gasteiger partial charge in [0.25, 0.3) is 5.91 Å². The van der Waals surface area contributed by atoms with Crippen molar-refractivity contribution in [2.75, 3.05) is 23.3 Å². The molecule has 0 saturated carbocycles. The van der Waals surface area contributed by atoms with Gasteiger partial charge in [0.05, 0.1) is 0 Å². The van der Waals surface area contributed by atoms with E-state index >= 15 is 0 Å². The van der Waals surface area contributed by atoms with E-state index in [0.717, 1.165) is 31.6 Å². The minimum atomic E-state index is -0.393. The number of halogens is 1. The average molecular weight is 314 g/mol. The number of carbonyl (C=O) groups is 1. The van der Waals surface area contributed by atoms with Crippen LogP contribution in [0.15, 0.2) is 30.3 Å². The van der Waals surface area contributed by atoms with Crippen LogP contribution in [0.2, 0.25) is 0 Å². The summed E-state index contributed by atoms with van der Waals surface area (Å²) in [5.74, 6) is -0.163. The summed E-state index contributed by atoms with van der Waals surface area (Å²) in [6, 6.07) is 7.44. The summed E-state index contributed by atoms with van der Waals surface area (Å²) in [6.07, 6.45) is 3.44. The van der Waals surface area contributed by atoms with E-state index in [-0.39, 0.29) is 5.91 Å². The summed E-state index contributed by atoms with van der Waals surface area (Å²) in [7, 11) is 0. The van der Waals surface area contributed by atoms with E-state index in [2.05, 4.69) is 20.2 Å². The molecule has 1 aromatic carbocycles. The van der Waals surface area contributed by atoms with Gasteiger partial charge in [-0.2, -0.15) is 0 Å². The fourth-order valence-corrected chi connectivity index (χ4v) is 2.67. The van der Waals surface area contributed by atoms with Crippen LogP contribution in [-0.4, -0.2) is 29.0 Å². The van der Waals surface area contributed by atoms with Crippen LogP contribution in [0, 0.1) is 12.7 Å². The van der Waals surface area contributed by atoms with Gasteiger partial charge in [0, 0.05) is 24.5 Å². The number of nitrogens with one attached hydrogen (secondary N) is 1. The summed E-state index contributed by atoms with van der Waals surface area (Å²) in [6.45, 7) is 3.66. The Morgan fingerprint density at radius 1 is 1.17 bits per heavy atom. The van der Waals surface area contributed by atoms with Crippen molar-refractivity contribution in [1.29, 1.82) is 0 Å². The Bertz CT molecular complexity index is 713. The largest absolute Gasteiger partial charge is 0.341 e. The SMILES string of the molecule is Cc1cc(C(=O)Nc2cccc(F)c2)nc(N2CCCCC2)n1. The Morgan fingerprint density at radius 3 is 2.70 bits per heavy atom. The fraction of sp³-hybridized carbons (Fsp3) is 0.353. The molecule has 3 rings (SSSR count). The van der Waals surface area contributed by atoms with Crippen molar-refractivity contribution >= 4 is 17.5 Å². The molecule has 0 radical (unpaired) electrons. The molecule has 23 heavy (non-hydrogen) atoms. The van der Waals surface area contributed by atoms with E-state index in [9.17, 15) is 9.18 Å². The van der Waals surface area contributed by atoms with Crippen molar-refractivity contribution in [3.63, 3.8) is 0 Å². The molecule has 1 aromatic heterocycles. The number of aromatic nitrogens is 2. The van der Waals surface area contributed by atoms with Gasteiger partial charge < -0.3 is 10.2 Å². The van der Waals surface area contributed by atoms with E-state index in [1.165, 1.54) is 18.6 Å². The number of carbonyl (C=O) groups excluding carboxylic acids is 1. The quantitative estimate of drug-likeness (QED) is 0.945. The Hall–Kier alpha value is -2.50. The monoisotopic (exact) mass is 314 g/mol. The third kappa shape index (κ3) is 3.83. The molecule has 0 atom stereocenters. The Balaban J connectivity index is 1.81. The van der Waals surface area contributed by atoms with Gasteiger partial charge in [-0.05, 0) is 50.5 Å². The highest BCUT2D eigenvalue weighted by Gasteiger charge is 2.17. The normalized spacial score (nSPS) is 14.6. The van der Waals surface area contributed by atoms with Crippen LogP contribution in [0.5, 0.6) is 0 Å². The molecule has 1 fully saturated rings. The number of nitrogens with zero attached hydrogens (tertiary/aromatic N) is 3. The predicted octanol–water partition coefficient (Wildman–Crippen LogP) is 3.17. The molecule has 0 spiro atoms. The van der Waals surface area contributed by atoms with E-state index in [1.807, 2.05) is 6.92 Å². The molecule has 0 aliphatic carbocycles. The lowest BCUT2D eigenvalue weighted by molar-refractivity contribution is 0.102. The molecule has 1 saturated heterocycles. The molecule has 0 unspecified atom stereocenters. The summed E-state index contributed by atoms with van der Waals surface area (Å²) in [4.78, 5) is 23.3. The van der Waals surface area contributed by atoms with Crippen LogP contribution in [0.3, 0.4) is 0 Å². The molecule has 0 bridgehead atoms. The number of piperidine rings is 1. The molecule has 1 aliphatic heterocycles. The first-order valence-corrected chi connectivity index (χ1v) is 7.79. The summed E-state index contributed by atoms with van der Waals surface area (Å²) < 4.78 is 13.2. The lowest BCUT2D eigenvalue weighted by Crippen LogP contribution is -2.31. The zero-order chi connectivity index (χ0) is 16.2. The van der Waals surface area contributed by atoms with E-state index in [4.69, 9.17) is 0 Å². The van der Waals surface area contributed by atoms with Gasteiger partial charge in [-0.25, -0.2) is 14.4 Å². The Kier molecular flexibility index (Phi) is 4.50. The van der Waals surface area contributed by atoms with Crippen molar-refractivity contribution in [3.8, 4) is 0 Å². The van der Waals surface area contributed by atoms with Gasteiger partial charge in [0.1, 0.15) is 11.5 Å². The van der Waals surface area contributed by atoms with E-state index in [1.54, 1.807) is 18.2 Å². The number of rotatable bonds is 3. The summed E-state index contributed by atoms with van der Waals surface area (Å²) >= 11 is 0. The fourth-order valence-electron chi connectivity index (χ4n) is 2.67. The topological polar surface area (TPSA) is 58.1 Å². The van der Waals surface area contributed by atoms with Crippen molar-refractivity contribution in [3.05, 3.63) is 47.5 Å². The molecule has 2 heterocycles. The summed E-state index contributed by atoms with van der Waals surface area (Å²) in [5, 5.41) is 2.67. The van der Waals surface area contributed by atoms with Crippen molar-refractivity contribution < 1.29 is 9.18 Å². The third-order valence-electron chi connectivity index (χ3n) is 3.80. The van der Waals surface area contributed by atoms with Crippen molar-refractivity contribution in [2.45, 2.75) is 26.2 Å². The molecular formula is C17H19FN4O. The third-order valence-corrected chi connectivity index (χ3v) is 3.80. The standard InChI is InChI=1S/C17H19FN4O/c1-12-10-15(16(23)20-14-7-5-6-13(18)11-14)21-17(19-12)22-8-3-2-4-9-22/h5-7,10-11H,2-4,8-9H2,1H3,(H,20,23). The molecule has 1 amide bonds. The van der Waals surface area contributed by atoms with Crippen LogP contribution in [0.1, 0.15) is 35.4 Å². The second kappa shape index (κ2) is 6.73. The zero-order valence-electron chi connectivity index (χ0n) is 13.1. The number of hydrogen-bond acceptors (Lipinski definition) is 4. The molecule has 1 aliphatic rings. The predicted molar refractivity (Wildman–Crippen MR) is 87.2 cm³/mol. The lowest BCUT2D eigenvalue weighted by Gasteiger charge is -2.27. The minimum Gasteiger partial charge on any atom is -0.341 e. The number of amides is 1. The van der Waals surface area contributed by atoms with Gasteiger partial charge in [-0.15, -0.1) is 0 Å². The van der Waals surface area contributed by atoms with Gasteiger partial charge in [0.15, 0.2) is 0 Å². The van der Waals surface area contributed by atoms with Crippen LogP contribution in [0.25, 0.3) is 0 Å². The highest BCUT2D eigenvalue weighted by molar-refractivity contribution is 6.03. The molecule has 6 heteroatoms. The zero-order valence-corrected chi connectivity index (χ0v) is 13.1. The first-order valence-electron chi connectivity index (χ1n) is 7.79. The molecule has 2 aromatic rings. The number of benzene rings is 1. The van der Waals surface area contributed by atoms with Crippen LogP contribution in [-0.2, 0) is 0 Å². The maximum absolute atomic E-state index is 13.2. The molecule has 120 valence electrons. The number of hydrogen-bond donors (Lipinski definition) is 1. The van der Waals surface area contributed by atoms with E-state index < -0.39 is 5.82 Å². The average Bonchev–Trinajstić information content (AvgIpc) is 2.55. The Morgan fingerprint density at radius 2 is 1.96 bits per heavy atom. The number of anilines is 2. The molecule has 5 nitrogen and oxygen atoms in total. The van der Waals surface area contributed by atoms with Gasteiger partial charge >= 0.3 is 0 Å². The van der Waals surface area contributed by atoms with Crippen LogP contribution >= 0.6 is 0 Å². The molecular weight excluding hydrogens is 295 g/mol. The second-order valence-electron chi connectivity index (χ2n) is 5.71. The van der Waals surface area contributed by atoms with Crippen LogP contribution < -0.4 is 10.2 Å². The maximum Gasteiger partial charge on any atom is 0.274 e. The second-order valence-corrected chi connectivity index (χ2v) is 5.71. The lowest BCUT2D eigenvalue weighted by atomic mass is 10.1. The number of aryl methyl sites for hydroxylation is 1. The van der Waals surface area contributed by atoms with Gasteiger partial charge in [-0.3, -0.25) is 4.79 Å². The van der Waals surface area contributed by atoms with Crippen LogP contribution in [0.4, 0.5) is 16.0 Å². The highest BCUT2D eigenvalue weighted by Crippen LogP contribution is 2.17. The highest BCUT2D eigenvalue weighted by atomic mass is 19.1. The minimum absolute atomic E-state index is 0.294. The maximum atomic E-state index is 13.2. The van der Waals surface area contributed by atoms with Crippen molar-refractivity contribution in [1.82, 2.24) is 9.97 Å². The summed E-state index contributed by atoms with van der Waals surface area (Å²) in [5.41, 5.74) is 1.44. The van der Waals surface area contributed by atoms with E-state index in [0.29, 0.717) is 17.3 Å². The van der Waals surface area contributed by atoms with Gasteiger partial charge in [-0.1, -0.05) is 6.07 Å².